The number of hydrogen-bond acceptors (Lipinski definition) is 7. The van der Waals surface area contributed by atoms with Gasteiger partial charge in [-0.05, 0) is 19.9 Å². The molecule has 6 nitrogen and oxygen atoms in total. The second-order valence-electron chi connectivity index (χ2n) is 6.74. The van der Waals surface area contributed by atoms with E-state index in [9.17, 15) is 9.90 Å². The fraction of sp³-hybridized carbons (Fsp3) is 0.227. The van der Waals surface area contributed by atoms with Gasteiger partial charge in [-0.25, -0.2) is 0 Å². The average Bonchev–Trinajstić information content (AvgIpc) is 3.11. The van der Waals surface area contributed by atoms with Crippen molar-refractivity contribution in [3.05, 3.63) is 45.9 Å². The SMILES string of the molecule is COc1c(OC(C)C)cc2oc(-c3csc4ccccc34)c(OC)c(=O)c2c1O. The third-order valence-electron chi connectivity index (χ3n) is 4.53. The van der Waals surface area contributed by atoms with Gasteiger partial charge in [0, 0.05) is 27.1 Å². The normalized spacial score (nSPS) is 11.3. The second kappa shape index (κ2) is 7.33. The zero-order valence-electron chi connectivity index (χ0n) is 16.4. The van der Waals surface area contributed by atoms with Crippen molar-refractivity contribution < 1.29 is 23.7 Å². The predicted octanol–water partition coefficient (Wildman–Crippen LogP) is 5.18. The number of ether oxygens (including phenoxy) is 3. The predicted molar refractivity (Wildman–Crippen MR) is 114 cm³/mol. The number of hydrogen-bond donors (Lipinski definition) is 1. The van der Waals surface area contributed by atoms with Gasteiger partial charge in [0.15, 0.2) is 17.3 Å². The number of thiophene rings is 1. The van der Waals surface area contributed by atoms with Crippen LogP contribution in [-0.2, 0) is 0 Å². The fourth-order valence-electron chi connectivity index (χ4n) is 3.33. The Hall–Kier alpha value is -3.19. The minimum absolute atomic E-state index is 0.0157. The van der Waals surface area contributed by atoms with E-state index in [4.69, 9.17) is 18.6 Å². The molecule has 0 aliphatic carbocycles. The molecule has 0 atom stereocenters. The Morgan fingerprint density at radius 3 is 2.52 bits per heavy atom. The summed E-state index contributed by atoms with van der Waals surface area (Å²) in [6.45, 7) is 3.71. The van der Waals surface area contributed by atoms with Gasteiger partial charge in [0.05, 0.1) is 20.3 Å². The maximum Gasteiger partial charge on any atom is 0.239 e. The molecule has 0 saturated carbocycles. The molecule has 0 unspecified atom stereocenters. The van der Waals surface area contributed by atoms with Crippen LogP contribution in [0.15, 0.2) is 44.9 Å². The van der Waals surface area contributed by atoms with E-state index < -0.39 is 5.43 Å². The van der Waals surface area contributed by atoms with Crippen molar-refractivity contribution in [3.63, 3.8) is 0 Å². The summed E-state index contributed by atoms with van der Waals surface area (Å²) in [6, 6.07) is 9.41. The first-order valence-corrected chi connectivity index (χ1v) is 9.92. The third kappa shape index (κ3) is 3.07. The van der Waals surface area contributed by atoms with Gasteiger partial charge in [0.2, 0.25) is 16.9 Å². The highest BCUT2D eigenvalue weighted by atomic mass is 32.1. The van der Waals surface area contributed by atoms with Crippen LogP contribution in [-0.4, -0.2) is 25.4 Å². The van der Waals surface area contributed by atoms with Crippen molar-refractivity contribution >= 4 is 32.4 Å². The van der Waals surface area contributed by atoms with Crippen LogP contribution < -0.4 is 19.6 Å². The quantitative estimate of drug-likeness (QED) is 0.486. The van der Waals surface area contributed by atoms with Gasteiger partial charge in [-0.2, -0.15) is 0 Å². The average molecular weight is 412 g/mol. The highest BCUT2D eigenvalue weighted by Crippen LogP contribution is 2.45. The van der Waals surface area contributed by atoms with Crippen LogP contribution in [0, 0.1) is 0 Å². The molecule has 7 heteroatoms. The van der Waals surface area contributed by atoms with Gasteiger partial charge in [-0.3, -0.25) is 4.79 Å². The van der Waals surface area contributed by atoms with Crippen molar-refractivity contribution in [2.24, 2.45) is 0 Å². The summed E-state index contributed by atoms with van der Waals surface area (Å²) < 4.78 is 23.6. The largest absolute Gasteiger partial charge is 0.504 e. The fourth-order valence-corrected chi connectivity index (χ4v) is 4.27. The van der Waals surface area contributed by atoms with Crippen LogP contribution in [0.4, 0.5) is 0 Å². The van der Waals surface area contributed by atoms with E-state index in [1.165, 1.54) is 14.2 Å². The second-order valence-corrected chi connectivity index (χ2v) is 7.65. The number of rotatable bonds is 5. The number of aromatic hydroxyl groups is 1. The Labute approximate surface area is 170 Å². The number of benzene rings is 2. The lowest BCUT2D eigenvalue weighted by molar-refractivity contribution is 0.227. The van der Waals surface area contributed by atoms with Crippen molar-refractivity contribution in [1.29, 1.82) is 0 Å². The van der Waals surface area contributed by atoms with Crippen molar-refractivity contribution in [2.75, 3.05) is 14.2 Å². The van der Waals surface area contributed by atoms with Crippen molar-refractivity contribution in [1.82, 2.24) is 0 Å². The molecule has 0 bridgehead atoms. The number of phenolic OH excluding ortho intramolecular Hbond substituents is 1. The molecule has 0 spiro atoms. The van der Waals surface area contributed by atoms with E-state index >= 15 is 0 Å². The standard InChI is InChI=1S/C22H20O6S/c1-11(2)27-15-9-14-17(18(23)21(15)25-3)19(24)22(26-4)20(28-14)13-10-29-16-8-6-5-7-12(13)16/h5-11,23H,1-4H3. The summed E-state index contributed by atoms with van der Waals surface area (Å²) >= 11 is 1.55. The van der Waals surface area contributed by atoms with E-state index in [1.54, 1.807) is 17.4 Å². The Morgan fingerprint density at radius 2 is 1.83 bits per heavy atom. The molecule has 0 aliphatic rings. The number of phenols is 1. The lowest BCUT2D eigenvalue weighted by atomic mass is 10.1. The van der Waals surface area contributed by atoms with Crippen LogP contribution in [0.1, 0.15) is 13.8 Å². The first-order chi connectivity index (χ1) is 14.0. The maximum atomic E-state index is 13.2. The minimum atomic E-state index is -0.481. The molecule has 0 radical (unpaired) electrons. The van der Waals surface area contributed by atoms with Crippen LogP contribution in [0.3, 0.4) is 0 Å². The molecule has 4 rings (SSSR count). The van der Waals surface area contributed by atoms with E-state index in [0.29, 0.717) is 11.5 Å². The lowest BCUT2D eigenvalue weighted by Gasteiger charge is -2.16. The molecule has 0 aliphatic heterocycles. The molecular weight excluding hydrogens is 392 g/mol. The molecule has 2 aromatic heterocycles. The van der Waals surface area contributed by atoms with Crippen molar-refractivity contribution in [3.8, 4) is 34.3 Å². The number of fused-ring (bicyclic) bond motifs is 2. The zero-order chi connectivity index (χ0) is 20.7. The lowest BCUT2D eigenvalue weighted by Crippen LogP contribution is -2.10. The van der Waals surface area contributed by atoms with Crippen molar-refractivity contribution in [2.45, 2.75) is 20.0 Å². The summed E-state index contributed by atoms with van der Waals surface area (Å²) in [5.41, 5.74) is 0.462. The monoisotopic (exact) mass is 412 g/mol. The smallest absolute Gasteiger partial charge is 0.239 e. The van der Waals surface area contributed by atoms with E-state index in [1.807, 2.05) is 43.5 Å². The molecule has 0 amide bonds. The number of methoxy groups -OCH3 is 2. The maximum absolute atomic E-state index is 13.2. The Bertz CT molecular complexity index is 1270. The molecule has 4 aromatic rings. The Kier molecular flexibility index (Phi) is 4.84. The van der Waals surface area contributed by atoms with Gasteiger partial charge in [0.25, 0.3) is 0 Å². The van der Waals surface area contributed by atoms with Crippen LogP contribution >= 0.6 is 11.3 Å². The molecule has 29 heavy (non-hydrogen) atoms. The summed E-state index contributed by atoms with van der Waals surface area (Å²) in [6.07, 6.45) is -0.161. The third-order valence-corrected chi connectivity index (χ3v) is 5.50. The van der Waals surface area contributed by atoms with Gasteiger partial charge in [0.1, 0.15) is 11.0 Å². The summed E-state index contributed by atoms with van der Waals surface area (Å²) in [7, 11) is 2.81. The summed E-state index contributed by atoms with van der Waals surface area (Å²) in [4.78, 5) is 13.2. The molecule has 2 aromatic carbocycles. The Morgan fingerprint density at radius 1 is 1.10 bits per heavy atom. The van der Waals surface area contributed by atoms with E-state index in [-0.39, 0.29) is 34.3 Å². The summed E-state index contributed by atoms with van der Waals surface area (Å²) in [5.74, 6) is 0.365. The highest BCUT2D eigenvalue weighted by Gasteiger charge is 2.25. The van der Waals surface area contributed by atoms with Crippen LogP contribution in [0.2, 0.25) is 0 Å². The zero-order valence-corrected chi connectivity index (χ0v) is 17.3. The first-order valence-electron chi connectivity index (χ1n) is 9.04. The van der Waals surface area contributed by atoms with Gasteiger partial charge in [-0.15, -0.1) is 11.3 Å². The van der Waals surface area contributed by atoms with Gasteiger partial charge in [-0.1, -0.05) is 18.2 Å². The van der Waals surface area contributed by atoms with Gasteiger partial charge < -0.3 is 23.7 Å². The molecule has 0 saturated heterocycles. The molecule has 1 N–H and O–H groups in total. The highest BCUT2D eigenvalue weighted by molar-refractivity contribution is 7.17. The molecule has 0 fully saturated rings. The van der Waals surface area contributed by atoms with Crippen LogP contribution in [0.5, 0.6) is 23.0 Å². The Balaban J connectivity index is 2.08. The summed E-state index contributed by atoms with van der Waals surface area (Å²) in [5, 5.41) is 13.6. The molecule has 150 valence electrons. The molecule has 2 heterocycles. The topological polar surface area (TPSA) is 78.1 Å². The van der Waals surface area contributed by atoms with Gasteiger partial charge >= 0.3 is 0 Å². The van der Waals surface area contributed by atoms with E-state index in [2.05, 4.69) is 0 Å². The van der Waals surface area contributed by atoms with E-state index in [0.717, 1.165) is 15.6 Å². The minimum Gasteiger partial charge on any atom is -0.504 e. The molecular formula is C22H20O6S. The van der Waals surface area contributed by atoms with Crippen LogP contribution in [0.25, 0.3) is 32.4 Å². The first kappa shape index (κ1) is 19.1.